The van der Waals surface area contributed by atoms with E-state index in [9.17, 15) is 4.79 Å². The van der Waals surface area contributed by atoms with E-state index in [-0.39, 0.29) is 11.8 Å². The first-order valence-electron chi connectivity index (χ1n) is 6.53. The summed E-state index contributed by atoms with van der Waals surface area (Å²) < 4.78 is 5.56. The van der Waals surface area contributed by atoms with E-state index in [2.05, 4.69) is 20.5 Å². The molecule has 1 aromatic carbocycles. The van der Waals surface area contributed by atoms with Crippen molar-refractivity contribution < 1.29 is 9.53 Å². The summed E-state index contributed by atoms with van der Waals surface area (Å²) in [5.41, 5.74) is 0. The molecule has 2 aromatic rings. The van der Waals surface area contributed by atoms with Gasteiger partial charge in [-0.25, -0.2) is 0 Å². The van der Waals surface area contributed by atoms with Gasteiger partial charge >= 0.3 is 0 Å². The summed E-state index contributed by atoms with van der Waals surface area (Å²) in [6.45, 7) is 4.12. The fraction of sp³-hybridized carbons (Fsp3) is 0.357. The molecule has 6 nitrogen and oxygen atoms in total. The Morgan fingerprint density at radius 1 is 1.40 bits per heavy atom. The molecule has 20 heavy (non-hydrogen) atoms. The maximum atomic E-state index is 11.9. The summed E-state index contributed by atoms with van der Waals surface area (Å²) in [5.74, 6) is 1.51. The highest BCUT2D eigenvalue weighted by molar-refractivity contribution is 5.90. The van der Waals surface area contributed by atoms with Crippen molar-refractivity contribution in [2.75, 3.05) is 11.9 Å². The first-order chi connectivity index (χ1) is 9.65. The molecule has 0 bridgehead atoms. The molecule has 0 fully saturated rings. The number of anilines is 1. The first-order valence-corrected chi connectivity index (χ1v) is 6.53. The Balaban J connectivity index is 1.74. The molecule has 0 radical (unpaired) electrons. The number of amides is 1. The molecule has 0 aliphatic rings. The highest BCUT2D eigenvalue weighted by Crippen LogP contribution is 2.11. The smallest absolute Gasteiger partial charge is 0.248 e. The number of carbonyl (C=O) groups excluding carboxylic acids is 1. The number of aromatic amines is 1. The molecule has 0 aliphatic heterocycles. The number of H-pyrrole nitrogens is 1. The normalized spacial score (nSPS) is 11.9. The number of nitrogens with one attached hydrogen (secondary N) is 2. The number of rotatable bonds is 6. The van der Waals surface area contributed by atoms with E-state index < -0.39 is 0 Å². The van der Waals surface area contributed by atoms with Gasteiger partial charge in [-0.3, -0.25) is 15.2 Å². The quantitative estimate of drug-likeness (QED) is 0.846. The Morgan fingerprint density at radius 2 is 2.15 bits per heavy atom. The lowest BCUT2D eigenvalue weighted by Gasteiger charge is -2.11. The molecular weight excluding hydrogens is 256 g/mol. The molecule has 0 saturated heterocycles. The number of para-hydroxylation sites is 1. The van der Waals surface area contributed by atoms with Crippen LogP contribution >= 0.6 is 0 Å². The predicted molar refractivity (Wildman–Crippen MR) is 75.5 cm³/mol. The van der Waals surface area contributed by atoms with Gasteiger partial charge in [0, 0.05) is 5.92 Å². The molecule has 6 heteroatoms. The minimum Gasteiger partial charge on any atom is -0.494 e. The van der Waals surface area contributed by atoms with Crippen molar-refractivity contribution in [2.24, 2.45) is 5.92 Å². The third kappa shape index (κ3) is 4.08. The maximum absolute atomic E-state index is 11.9. The number of ether oxygens (including phenoxy) is 1. The molecule has 1 atom stereocenters. The van der Waals surface area contributed by atoms with Gasteiger partial charge in [0.15, 0.2) is 0 Å². The second-order valence-electron chi connectivity index (χ2n) is 4.58. The lowest BCUT2D eigenvalue weighted by molar-refractivity contribution is -0.119. The van der Waals surface area contributed by atoms with E-state index >= 15 is 0 Å². The molecule has 1 aromatic heterocycles. The molecule has 0 spiro atoms. The number of aromatic nitrogens is 3. The van der Waals surface area contributed by atoms with Crippen molar-refractivity contribution in [3.63, 3.8) is 0 Å². The van der Waals surface area contributed by atoms with Crippen LogP contribution in [-0.4, -0.2) is 27.7 Å². The fourth-order valence-corrected chi connectivity index (χ4v) is 1.63. The Bertz CT molecular complexity index is 553. The van der Waals surface area contributed by atoms with E-state index in [4.69, 9.17) is 4.74 Å². The van der Waals surface area contributed by atoms with Gasteiger partial charge in [0.2, 0.25) is 11.9 Å². The highest BCUT2D eigenvalue weighted by atomic mass is 16.5. The SMILES string of the molecule is Cc1nc(NC(=O)[C@@H](C)CCOc2ccccc2)n[nH]1. The molecule has 2 N–H and O–H groups in total. The van der Waals surface area contributed by atoms with Gasteiger partial charge in [0.25, 0.3) is 0 Å². The largest absolute Gasteiger partial charge is 0.494 e. The van der Waals surface area contributed by atoms with Gasteiger partial charge in [-0.05, 0) is 25.5 Å². The molecule has 1 amide bonds. The van der Waals surface area contributed by atoms with Crippen molar-refractivity contribution >= 4 is 11.9 Å². The minimum absolute atomic E-state index is 0.110. The van der Waals surface area contributed by atoms with Crippen LogP contribution in [0.15, 0.2) is 30.3 Å². The van der Waals surface area contributed by atoms with Crippen LogP contribution < -0.4 is 10.1 Å². The highest BCUT2D eigenvalue weighted by Gasteiger charge is 2.14. The molecular formula is C14H18N4O2. The number of aryl methyl sites for hydroxylation is 1. The summed E-state index contributed by atoms with van der Waals surface area (Å²) in [4.78, 5) is 15.9. The van der Waals surface area contributed by atoms with Crippen LogP contribution in [0.5, 0.6) is 5.75 Å². The van der Waals surface area contributed by atoms with Crippen LogP contribution in [0.3, 0.4) is 0 Å². The second-order valence-corrected chi connectivity index (χ2v) is 4.58. The van der Waals surface area contributed by atoms with Crippen molar-refractivity contribution in [1.29, 1.82) is 0 Å². The zero-order valence-electron chi connectivity index (χ0n) is 11.6. The zero-order chi connectivity index (χ0) is 14.4. The van der Waals surface area contributed by atoms with Crippen LogP contribution in [0.25, 0.3) is 0 Å². The third-order valence-corrected chi connectivity index (χ3v) is 2.84. The van der Waals surface area contributed by atoms with Crippen LogP contribution in [0.4, 0.5) is 5.95 Å². The van der Waals surface area contributed by atoms with Crippen LogP contribution in [0.2, 0.25) is 0 Å². The summed E-state index contributed by atoms with van der Waals surface area (Å²) >= 11 is 0. The van der Waals surface area contributed by atoms with Crippen molar-refractivity contribution in [3.8, 4) is 5.75 Å². The van der Waals surface area contributed by atoms with E-state index in [0.717, 1.165) is 5.75 Å². The number of hydrogen-bond acceptors (Lipinski definition) is 4. The number of benzene rings is 1. The lowest BCUT2D eigenvalue weighted by atomic mass is 10.1. The minimum atomic E-state index is -0.169. The lowest BCUT2D eigenvalue weighted by Crippen LogP contribution is -2.22. The third-order valence-electron chi connectivity index (χ3n) is 2.84. The van der Waals surface area contributed by atoms with Crippen LogP contribution in [0, 0.1) is 12.8 Å². The molecule has 106 valence electrons. The van der Waals surface area contributed by atoms with Gasteiger partial charge in [0.05, 0.1) is 6.61 Å². The summed E-state index contributed by atoms with van der Waals surface area (Å²) in [7, 11) is 0. The predicted octanol–water partition coefficient (Wildman–Crippen LogP) is 2.16. The van der Waals surface area contributed by atoms with E-state index in [0.29, 0.717) is 24.8 Å². The van der Waals surface area contributed by atoms with Gasteiger partial charge < -0.3 is 4.74 Å². The van der Waals surface area contributed by atoms with Crippen molar-refractivity contribution in [2.45, 2.75) is 20.3 Å². The van der Waals surface area contributed by atoms with Crippen molar-refractivity contribution in [3.05, 3.63) is 36.2 Å². The van der Waals surface area contributed by atoms with Gasteiger partial charge in [-0.1, -0.05) is 25.1 Å². The molecule has 0 unspecified atom stereocenters. The van der Waals surface area contributed by atoms with Crippen LogP contribution in [-0.2, 0) is 4.79 Å². The van der Waals surface area contributed by atoms with E-state index in [1.165, 1.54) is 0 Å². The molecule has 0 saturated carbocycles. The maximum Gasteiger partial charge on any atom is 0.248 e. The summed E-state index contributed by atoms with van der Waals surface area (Å²) in [6, 6.07) is 9.54. The first kappa shape index (κ1) is 14.0. The summed E-state index contributed by atoms with van der Waals surface area (Å²) in [6.07, 6.45) is 0.629. The van der Waals surface area contributed by atoms with E-state index in [1.54, 1.807) is 6.92 Å². The summed E-state index contributed by atoms with van der Waals surface area (Å²) in [5, 5.41) is 9.21. The second kappa shape index (κ2) is 6.70. The molecule has 0 aliphatic carbocycles. The van der Waals surface area contributed by atoms with Crippen molar-refractivity contribution in [1.82, 2.24) is 15.2 Å². The average Bonchev–Trinajstić information content (AvgIpc) is 2.85. The number of hydrogen-bond donors (Lipinski definition) is 2. The molecule has 2 rings (SSSR count). The standard InChI is InChI=1S/C14H18N4O2/c1-10(8-9-20-12-6-4-3-5-7-12)13(19)16-14-15-11(2)17-18-14/h3-7,10H,8-9H2,1-2H3,(H2,15,16,17,18,19)/t10-/m0/s1. The fourth-order valence-electron chi connectivity index (χ4n) is 1.63. The number of carbonyl (C=O) groups is 1. The zero-order valence-corrected chi connectivity index (χ0v) is 11.6. The van der Waals surface area contributed by atoms with Gasteiger partial charge in [-0.15, -0.1) is 5.10 Å². The number of nitrogens with zero attached hydrogens (tertiary/aromatic N) is 2. The van der Waals surface area contributed by atoms with Gasteiger partial charge in [-0.2, -0.15) is 4.98 Å². The Morgan fingerprint density at radius 3 is 2.80 bits per heavy atom. The Labute approximate surface area is 117 Å². The monoisotopic (exact) mass is 274 g/mol. The van der Waals surface area contributed by atoms with E-state index in [1.807, 2.05) is 37.3 Å². The Kier molecular flexibility index (Phi) is 4.70. The Hall–Kier alpha value is -2.37. The van der Waals surface area contributed by atoms with Crippen LogP contribution in [0.1, 0.15) is 19.2 Å². The molecule has 1 heterocycles. The topological polar surface area (TPSA) is 79.9 Å². The van der Waals surface area contributed by atoms with Gasteiger partial charge in [0.1, 0.15) is 11.6 Å². The average molecular weight is 274 g/mol.